The van der Waals surface area contributed by atoms with Crippen LogP contribution in [0.5, 0.6) is 0 Å². The lowest BCUT2D eigenvalue weighted by Crippen LogP contribution is -2.30. The maximum atomic E-state index is 8.98. The molecule has 3 nitrogen and oxygen atoms in total. The standard InChI is InChI=1S/C14H21NO2/c1-17-14-4-2-3-13(9-14)15-12-7-5-11(10-16)6-8-12/h5-8,13-16H,2-4,9-10H2,1H3. The highest BCUT2D eigenvalue weighted by molar-refractivity contribution is 5.45. The number of rotatable bonds is 4. The maximum Gasteiger partial charge on any atom is 0.0681 e. The predicted octanol–water partition coefficient (Wildman–Crippen LogP) is 2.55. The van der Waals surface area contributed by atoms with Crippen LogP contribution >= 0.6 is 0 Å². The molecule has 0 bridgehead atoms. The molecule has 1 aliphatic rings. The summed E-state index contributed by atoms with van der Waals surface area (Å²) in [5.74, 6) is 0. The van der Waals surface area contributed by atoms with Crippen molar-refractivity contribution < 1.29 is 9.84 Å². The Bertz CT molecular complexity index is 337. The van der Waals surface area contributed by atoms with Gasteiger partial charge in [-0.15, -0.1) is 0 Å². The van der Waals surface area contributed by atoms with Crippen molar-refractivity contribution in [1.29, 1.82) is 0 Å². The van der Waals surface area contributed by atoms with Gasteiger partial charge in [0.15, 0.2) is 0 Å². The Morgan fingerprint density at radius 1 is 1.29 bits per heavy atom. The summed E-state index contributed by atoms with van der Waals surface area (Å²) in [5, 5.41) is 12.5. The van der Waals surface area contributed by atoms with Crippen LogP contribution in [-0.2, 0) is 11.3 Å². The van der Waals surface area contributed by atoms with Crippen LogP contribution in [0.15, 0.2) is 24.3 Å². The van der Waals surface area contributed by atoms with Crippen molar-refractivity contribution in [3.63, 3.8) is 0 Å². The quantitative estimate of drug-likeness (QED) is 0.842. The van der Waals surface area contributed by atoms with Gasteiger partial charge in [-0.25, -0.2) is 0 Å². The zero-order valence-electron chi connectivity index (χ0n) is 10.4. The zero-order chi connectivity index (χ0) is 12.1. The first-order valence-electron chi connectivity index (χ1n) is 6.31. The average molecular weight is 235 g/mol. The Morgan fingerprint density at radius 2 is 2.06 bits per heavy atom. The molecule has 1 saturated carbocycles. The normalized spacial score (nSPS) is 24.6. The molecule has 0 radical (unpaired) electrons. The number of aliphatic hydroxyl groups excluding tert-OH is 1. The maximum absolute atomic E-state index is 8.98. The monoisotopic (exact) mass is 235 g/mol. The van der Waals surface area contributed by atoms with Crippen LogP contribution in [0.25, 0.3) is 0 Å². The molecule has 0 aliphatic heterocycles. The van der Waals surface area contributed by atoms with Gasteiger partial charge in [0.05, 0.1) is 12.7 Å². The van der Waals surface area contributed by atoms with E-state index in [9.17, 15) is 0 Å². The molecule has 1 aromatic rings. The van der Waals surface area contributed by atoms with Crippen LogP contribution in [0.1, 0.15) is 31.2 Å². The van der Waals surface area contributed by atoms with Crippen LogP contribution in [0.2, 0.25) is 0 Å². The highest BCUT2D eigenvalue weighted by Gasteiger charge is 2.21. The van der Waals surface area contributed by atoms with E-state index in [1.807, 2.05) is 24.3 Å². The molecule has 1 aromatic carbocycles. The summed E-state index contributed by atoms with van der Waals surface area (Å²) in [5.41, 5.74) is 2.08. The molecule has 94 valence electrons. The molecular weight excluding hydrogens is 214 g/mol. The summed E-state index contributed by atoms with van der Waals surface area (Å²) >= 11 is 0. The molecule has 3 heteroatoms. The molecule has 2 rings (SSSR count). The number of hydrogen-bond acceptors (Lipinski definition) is 3. The Hall–Kier alpha value is -1.06. The van der Waals surface area contributed by atoms with E-state index < -0.39 is 0 Å². The number of aliphatic hydroxyl groups is 1. The minimum Gasteiger partial charge on any atom is -0.392 e. The van der Waals surface area contributed by atoms with Crippen molar-refractivity contribution in [3.8, 4) is 0 Å². The van der Waals surface area contributed by atoms with Crippen molar-refractivity contribution >= 4 is 5.69 Å². The SMILES string of the molecule is COC1CCCC(Nc2ccc(CO)cc2)C1. The second-order valence-electron chi connectivity index (χ2n) is 4.72. The average Bonchev–Trinajstić information content (AvgIpc) is 2.40. The zero-order valence-corrected chi connectivity index (χ0v) is 10.4. The van der Waals surface area contributed by atoms with Gasteiger partial charge >= 0.3 is 0 Å². The third kappa shape index (κ3) is 3.45. The van der Waals surface area contributed by atoms with E-state index >= 15 is 0 Å². The van der Waals surface area contributed by atoms with E-state index in [0.717, 1.165) is 17.7 Å². The Labute approximate surface area is 103 Å². The third-order valence-electron chi connectivity index (χ3n) is 3.47. The molecule has 17 heavy (non-hydrogen) atoms. The van der Waals surface area contributed by atoms with Crippen LogP contribution in [-0.4, -0.2) is 24.4 Å². The molecule has 0 saturated heterocycles. The van der Waals surface area contributed by atoms with Gasteiger partial charge in [-0.05, 0) is 43.4 Å². The van der Waals surface area contributed by atoms with Crippen molar-refractivity contribution in [2.24, 2.45) is 0 Å². The summed E-state index contributed by atoms with van der Waals surface area (Å²) in [6, 6.07) is 8.48. The highest BCUT2D eigenvalue weighted by Crippen LogP contribution is 2.24. The van der Waals surface area contributed by atoms with E-state index in [4.69, 9.17) is 9.84 Å². The molecule has 0 heterocycles. The number of benzene rings is 1. The number of ether oxygens (including phenoxy) is 1. The number of hydrogen-bond donors (Lipinski definition) is 2. The van der Waals surface area contributed by atoms with Gasteiger partial charge in [0, 0.05) is 18.8 Å². The fraction of sp³-hybridized carbons (Fsp3) is 0.571. The van der Waals surface area contributed by atoms with Gasteiger partial charge in [0.2, 0.25) is 0 Å². The van der Waals surface area contributed by atoms with E-state index in [0.29, 0.717) is 12.1 Å². The first-order chi connectivity index (χ1) is 8.31. The fourth-order valence-corrected chi connectivity index (χ4v) is 2.43. The Kier molecular flexibility index (Phi) is 4.40. The minimum atomic E-state index is 0.107. The summed E-state index contributed by atoms with van der Waals surface area (Å²) in [7, 11) is 1.79. The lowest BCUT2D eigenvalue weighted by molar-refractivity contribution is 0.0669. The van der Waals surface area contributed by atoms with E-state index in [2.05, 4.69) is 5.32 Å². The molecule has 1 aliphatic carbocycles. The predicted molar refractivity (Wildman–Crippen MR) is 69.0 cm³/mol. The summed E-state index contributed by atoms with van der Waals surface area (Å²) in [6.07, 6.45) is 5.10. The number of methoxy groups -OCH3 is 1. The Morgan fingerprint density at radius 3 is 2.71 bits per heavy atom. The molecule has 0 spiro atoms. The minimum absolute atomic E-state index is 0.107. The van der Waals surface area contributed by atoms with Gasteiger partial charge < -0.3 is 15.2 Å². The summed E-state index contributed by atoms with van der Waals surface area (Å²) < 4.78 is 5.42. The van der Waals surface area contributed by atoms with Gasteiger partial charge in [-0.2, -0.15) is 0 Å². The van der Waals surface area contributed by atoms with E-state index in [1.54, 1.807) is 7.11 Å². The van der Waals surface area contributed by atoms with Crippen LogP contribution in [0.4, 0.5) is 5.69 Å². The molecular formula is C14H21NO2. The molecule has 1 fully saturated rings. The number of nitrogens with one attached hydrogen (secondary N) is 1. The molecule has 0 aromatic heterocycles. The van der Waals surface area contributed by atoms with Crippen LogP contribution < -0.4 is 5.32 Å². The topological polar surface area (TPSA) is 41.5 Å². The first-order valence-corrected chi connectivity index (χ1v) is 6.31. The smallest absolute Gasteiger partial charge is 0.0681 e. The fourth-order valence-electron chi connectivity index (χ4n) is 2.43. The lowest BCUT2D eigenvalue weighted by atomic mass is 9.92. The lowest BCUT2D eigenvalue weighted by Gasteiger charge is -2.29. The molecule has 0 amide bonds. The van der Waals surface area contributed by atoms with E-state index in [1.165, 1.54) is 19.3 Å². The Balaban J connectivity index is 1.90. The van der Waals surface area contributed by atoms with Gasteiger partial charge in [0.1, 0.15) is 0 Å². The largest absolute Gasteiger partial charge is 0.392 e. The highest BCUT2D eigenvalue weighted by atomic mass is 16.5. The second kappa shape index (κ2) is 6.03. The van der Waals surface area contributed by atoms with Crippen molar-refractivity contribution in [3.05, 3.63) is 29.8 Å². The van der Waals surface area contributed by atoms with Crippen molar-refractivity contribution in [1.82, 2.24) is 0 Å². The van der Waals surface area contributed by atoms with Gasteiger partial charge in [-0.1, -0.05) is 12.1 Å². The third-order valence-corrected chi connectivity index (χ3v) is 3.47. The van der Waals surface area contributed by atoms with Gasteiger partial charge in [0.25, 0.3) is 0 Å². The second-order valence-corrected chi connectivity index (χ2v) is 4.72. The first kappa shape index (κ1) is 12.4. The van der Waals surface area contributed by atoms with Gasteiger partial charge in [-0.3, -0.25) is 0 Å². The van der Waals surface area contributed by atoms with Crippen molar-refractivity contribution in [2.45, 2.75) is 44.4 Å². The van der Waals surface area contributed by atoms with Crippen LogP contribution in [0.3, 0.4) is 0 Å². The molecule has 2 atom stereocenters. The molecule has 2 unspecified atom stereocenters. The number of anilines is 1. The van der Waals surface area contributed by atoms with Crippen molar-refractivity contribution in [2.75, 3.05) is 12.4 Å². The summed E-state index contributed by atoms with van der Waals surface area (Å²) in [6.45, 7) is 0.107. The van der Waals surface area contributed by atoms with E-state index in [-0.39, 0.29) is 6.61 Å². The molecule has 2 N–H and O–H groups in total. The summed E-state index contributed by atoms with van der Waals surface area (Å²) in [4.78, 5) is 0. The van der Waals surface area contributed by atoms with Crippen LogP contribution in [0, 0.1) is 0 Å².